The lowest BCUT2D eigenvalue weighted by Crippen LogP contribution is -2.35. The van der Waals surface area contributed by atoms with Crippen LogP contribution in [0.15, 0.2) is 66.7 Å². The van der Waals surface area contributed by atoms with Gasteiger partial charge in [-0.15, -0.1) is 0 Å². The summed E-state index contributed by atoms with van der Waals surface area (Å²) < 4.78 is 53.3. The lowest BCUT2D eigenvalue weighted by Gasteiger charge is -2.30. The maximum absolute atomic E-state index is 14.3. The van der Waals surface area contributed by atoms with Crippen molar-refractivity contribution in [3.63, 3.8) is 0 Å². The topological polar surface area (TPSA) is 49.4 Å². The fourth-order valence-electron chi connectivity index (χ4n) is 4.08. The molecule has 0 unspecified atom stereocenters. The van der Waals surface area contributed by atoms with Gasteiger partial charge in [0.25, 0.3) is 0 Å². The lowest BCUT2D eigenvalue weighted by atomic mass is 9.97. The first-order chi connectivity index (χ1) is 17.1. The molecule has 36 heavy (non-hydrogen) atoms. The fraction of sp³-hybridized carbons (Fsp3) is 0.185. The van der Waals surface area contributed by atoms with Gasteiger partial charge in [-0.1, -0.05) is 60.1 Å². The zero-order chi connectivity index (χ0) is 25.9. The highest BCUT2D eigenvalue weighted by molar-refractivity contribution is 6.34. The van der Waals surface area contributed by atoms with Gasteiger partial charge in [0.1, 0.15) is 5.82 Å². The van der Waals surface area contributed by atoms with E-state index in [-0.39, 0.29) is 16.5 Å². The van der Waals surface area contributed by atoms with Crippen molar-refractivity contribution in [2.45, 2.75) is 25.6 Å². The number of halogens is 5. The number of nitrogens with zero attached hydrogens (tertiary/aromatic N) is 1. The van der Waals surface area contributed by atoms with E-state index >= 15 is 0 Å². The van der Waals surface area contributed by atoms with Gasteiger partial charge in [-0.3, -0.25) is 9.59 Å². The van der Waals surface area contributed by atoms with Crippen LogP contribution in [0.3, 0.4) is 0 Å². The van der Waals surface area contributed by atoms with Crippen LogP contribution in [0.5, 0.6) is 0 Å². The first-order valence-corrected chi connectivity index (χ1v) is 11.5. The van der Waals surface area contributed by atoms with Crippen molar-refractivity contribution in [3.05, 3.63) is 105 Å². The molecule has 4 nitrogen and oxygen atoms in total. The molecule has 1 aliphatic rings. The van der Waals surface area contributed by atoms with E-state index in [1.807, 2.05) is 30.3 Å². The molecule has 3 aromatic rings. The van der Waals surface area contributed by atoms with Crippen molar-refractivity contribution < 1.29 is 27.2 Å². The summed E-state index contributed by atoms with van der Waals surface area (Å²) in [5.74, 6) is -2.34. The van der Waals surface area contributed by atoms with E-state index in [0.29, 0.717) is 31.3 Å². The lowest BCUT2D eigenvalue weighted by molar-refractivity contribution is -0.140. The molecule has 4 rings (SSSR count). The van der Waals surface area contributed by atoms with Crippen LogP contribution in [-0.2, 0) is 35.2 Å². The van der Waals surface area contributed by atoms with Crippen LogP contribution in [0.1, 0.15) is 27.8 Å². The molecule has 2 amide bonds. The second-order valence-corrected chi connectivity index (χ2v) is 8.72. The van der Waals surface area contributed by atoms with E-state index in [1.165, 1.54) is 6.08 Å². The monoisotopic (exact) mass is 516 g/mol. The summed E-state index contributed by atoms with van der Waals surface area (Å²) in [6.07, 6.45) is -1.81. The molecular weight excluding hydrogens is 496 g/mol. The van der Waals surface area contributed by atoms with Gasteiger partial charge < -0.3 is 10.2 Å². The Bertz CT molecular complexity index is 1320. The maximum Gasteiger partial charge on any atom is 0.419 e. The highest BCUT2D eigenvalue weighted by atomic mass is 35.5. The second kappa shape index (κ2) is 10.5. The summed E-state index contributed by atoms with van der Waals surface area (Å²) in [6, 6.07) is 15.6. The van der Waals surface area contributed by atoms with E-state index in [2.05, 4.69) is 5.32 Å². The molecule has 0 fully saturated rings. The van der Waals surface area contributed by atoms with Crippen LogP contribution < -0.4 is 5.32 Å². The fourth-order valence-corrected chi connectivity index (χ4v) is 4.30. The molecule has 0 bridgehead atoms. The van der Waals surface area contributed by atoms with Crippen molar-refractivity contribution in [1.82, 2.24) is 4.90 Å². The Hall–Kier alpha value is -3.65. The first-order valence-electron chi connectivity index (χ1n) is 11.1. The standard InChI is InChI=1S/C27H21ClF4N2O2/c28-22-11-10-19-16-34(24(36)12-9-17-5-2-1-3-6-17)14-13-20(19)26(22)33-23(35)15-18-7-4-8-21(25(18)29)27(30,31)32/h1-12H,13-16H2,(H,33,35)/b12-9+. The van der Waals surface area contributed by atoms with Crippen LogP contribution in [-0.4, -0.2) is 23.3 Å². The highest BCUT2D eigenvalue weighted by Gasteiger charge is 2.35. The van der Waals surface area contributed by atoms with Gasteiger partial charge in [0.05, 0.1) is 22.7 Å². The summed E-state index contributed by atoms with van der Waals surface area (Å²) in [5, 5.41) is 2.87. The molecule has 9 heteroatoms. The number of carbonyl (C=O) groups is 2. The van der Waals surface area contributed by atoms with E-state index in [0.717, 1.165) is 28.8 Å². The van der Waals surface area contributed by atoms with Crippen molar-refractivity contribution in [1.29, 1.82) is 0 Å². The average Bonchev–Trinajstić information content (AvgIpc) is 2.85. The number of anilines is 1. The molecule has 1 N–H and O–H groups in total. The SMILES string of the molecule is O=C(Cc1cccc(C(F)(F)F)c1F)Nc1c(Cl)ccc2c1CCN(C(=O)/C=C/c1ccccc1)C2. The molecule has 1 aliphatic heterocycles. The number of rotatable bonds is 5. The Balaban J connectivity index is 1.48. The maximum atomic E-state index is 14.3. The molecule has 0 aromatic heterocycles. The van der Waals surface area contributed by atoms with E-state index < -0.39 is 29.9 Å². The number of hydrogen-bond donors (Lipinski definition) is 1. The molecule has 0 radical (unpaired) electrons. The normalized spacial score (nSPS) is 13.5. The first kappa shape index (κ1) is 25.4. The predicted molar refractivity (Wildman–Crippen MR) is 130 cm³/mol. The van der Waals surface area contributed by atoms with Gasteiger partial charge in [0.2, 0.25) is 11.8 Å². The quantitative estimate of drug-likeness (QED) is 0.321. The molecule has 0 aliphatic carbocycles. The molecule has 1 heterocycles. The number of hydrogen-bond acceptors (Lipinski definition) is 2. The van der Waals surface area contributed by atoms with Crippen molar-refractivity contribution in [2.75, 3.05) is 11.9 Å². The minimum atomic E-state index is -4.86. The van der Waals surface area contributed by atoms with Crippen LogP contribution in [0.4, 0.5) is 23.2 Å². The minimum absolute atomic E-state index is 0.162. The van der Waals surface area contributed by atoms with E-state index in [4.69, 9.17) is 11.6 Å². The van der Waals surface area contributed by atoms with Gasteiger partial charge in [0, 0.05) is 19.2 Å². The zero-order valence-electron chi connectivity index (χ0n) is 18.9. The number of fused-ring (bicyclic) bond motifs is 1. The number of benzene rings is 3. The third-order valence-electron chi connectivity index (χ3n) is 5.88. The number of alkyl halides is 3. The Kier molecular flexibility index (Phi) is 7.45. The summed E-state index contributed by atoms with van der Waals surface area (Å²) in [7, 11) is 0. The van der Waals surface area contributed by atoms with Gasteiger partial charge in [-0.05, 0) is 46.9 Å². The Morgan fingerprint density at radius 2 is 1.78 bits per heavy atom. The average molecular weight is 517 g/mol. The second-order valence-electron chi connectivity index (χ2n) is 8.32. The number of amides is 2. The zero-order valence-corrected chi connectivity index (χ0v) is 19.7. The smallest absolute Gasteiger partial charge is 0.334 e. The summed E-state index contributed by atoms with van der Waals surface area (Å²) in [4.78, 5) is 27.0. The van der Waals surface area contributed by atoms with Crippen molar-refractivity contribution in [3.8, 4) is 0 Å². The summed E-state index contributed by atoms with van der Waals surface area (Å²) >= 11 is 6.31. The van der Waals surface area contributed by atoms with Gasteiger partial charge in [0.15, 0.2) is 0 Å². The van der Waals surface area contributed by atoms with Crippen molar-refractivity contribution in [2.24, 2.45) is 0 Å². The van der Waals surface area contributed by atoms with Crippen LogP contribution in [0, 0.1) is 5.82 Å². The third-order valence-corrected chi connectivity index (χ3v) is 6.20. The Morgan fingerprint density at radius 1 is 1.03 bits per heavy atom. The van der Waals surface area contributed by atoms with Crippen LogP contribution in [0.25, 0.3) is 6.08 Å². The number of carbonyl (C=O) groups excluding carboxylic acids is 2. The third kappa shape index (κ3) is 5.76. The van der Waals surface area contributed by atoms with Crippen LogP contribution >= 0.6 is 11.6 Å². The minimum Gasteiger partial charge on any atom is -0.334 e. The molecule has 0 saturated carbocycles. The molecule has 0 atom stereocenters. The molecule has 3 aromatic carbocycles. The summed E-state index contributed by atoms with van der Waals surface area (Å²) in [5.41, 5.74) is 0.944. The largest absolute Gasteiger partial charge is 0.419 e. The van der Waals surface area contributed by atoms with Gasteiger partial charge in [-0.25, -0.2) is 4.39 Å². The predicted octanol–water partition coefficient (Wildman–Crippen LogP) is 6.28. The Labute approximate surface area is 210 Å². The molecule has 0 saturated heterocycles. The Morgan fingerprint density at radius 3 is 2.50 bits per heavy atom. The highest BCUT2D eigenvalue weighted by Crippen LogP contribution is 2.34. The van der Waals surface area contributed by atoms with E-state index in [9.17, 15) is 27.2 Å². The molecule has 186 valence electrons. The molecular formula is C27H21ClF4N2O2. The van der Waals surface area contributed by atoms with Crippen LogP contribution in [0.2, 0.25) is 5.02 Å². The number of nitrogens with one attached hydrogen (secondary N) is 1. The molecule has 0 spiro atoms. The van der Waals surface area contributed by atoms with E-state index in [1.54, 1.807) is 23.1 Å². The van der Waals surface area contributed by atoms with Gasteiger partial charge >= 0.3 is 6.18 Å². The summed E-state index contributed by atoms with van der Waals surface area (Å²) in [6.45, 7) is 0.687. The van der Waals surface area contributed by atoms with Gasteiger partial charge in [-0.2, -0.15) is 13.2 Å². The van der Waals surface area contributed by atoms with Crippen molar-refractivity contribution >= 4 is 35.2 Å².